The van der Waals surface area contributed by atoms with Gasteiger partial charge < -0.3 is 11.1 Å². The van der Waals surface area contributed by atoms with Crippen molar-refractivity contribution in [2.75, 3.05) is 11.1 Å². The van der Waals surface area contributed by atoms with Gasteiger partial charge in [0.05, 0.1) is 6.20 Å². The molecule has 0 amide bonds. The molecule has 0 atom stereocenters. The van der Waals surface area contributed by atoms with E-state index in [4.69, 9.17) is 11.0 Å². The number of hydrogen-bond acceptors (Lipinski definition) is 5. The number of nitrogen functional groups attached to an aromatic ring is 1. The Morgan fingerprint density at radius 2 is 2.31 bits per heavy atom. The molecule has 0 fully saturated rings. The largest absolute Gasteiger partial charge is 0.368 e. The lowest BCUT2D eigenvalue weighted by molar-refractivity contribution is 0.886. The fraction of sp³-hybridized carbons (Fsp3) is 0.375. The Bertz CT molecular complexity index is 339. The van der Waals surface area contributed by atoms with Gasteiger partial charge in [0.25, 0.3) is 0 Å². The van der Waals surface area contributed by atoms with Gasteiger partial charge in [-0.05, 0) is 13.8 Å². The predicted octanol–water partition coefficient (Wildman–Crippen LogP) is 0.751. The van der Waals surface area contributed by atoms with Crippen LogP contribution in [0.15, 0.2) is 6.20 Å². The van der Waals surface area contributed by atoms with Gasteiger partial charge in [-0.3, -0.25) is 0 Å². The Hall–Kier alpha value is -1.83. The summed E-state index contributed by atoms with van der Waals surface area (Å²) in [5, 5.41) is 11.7. The number of nitriles is 1. The van der Waals surface area contributed by atoms with Crippen LogP contribution in [0.4, 0.5) is 11.8 Å². The van der Waals surface area contributed by atoms with Crippen molar-refractivity contribution in [1.29, 1.82) is 5.26 Å². The summed E-state index contributed by atoms with van der Waals surface area (Å²) in [4.78, 5) is 7.64. The maximum absolute atomic E-state index is 8.71. The van der Waals surface area contributed by atoms with Crippen molar-refractivity contribution in [3.63, 3.8) is 0 Å². The van der Waals surface area contributed by atoms with Crippen molar-refractivity contribution in [1.82, 2.24) is 9.97 Å². The maximum atomic E-state index is 8.71. The molecule has 3 N–H and O–H groups in total. The molecule has 0 aliphatic heterocycles. The molecule has 1 heterocycles. The summed E-state index contributed by atoms with van der Waals surface area (Å²) < 4.78 is 0. The van der Waals surface area contributed by atoms with Gasteiger partial charge in [0.1, 0.15) is 17.5 Å². The van der Waals surface area contributed by atoms with Crippen molar-refractivity contribution < 1.29 is 0 Å². The summed E-state index contributed by atoms with van der Waals surface area (Å²) in [5.41, 5.74) is 5.79. The molecule has 0 aliphatic rings. The van der Waals surface area contributed by atoms with E-state index in [9.17, 15) is 0 Å². The lowest BCUT2D eigenvalue weighted by atomic mass is 10.3. The smallest absolute Gasteiger partial charge is 0.222 e. The van der Waals surface area contributed by atoms with Crippen LogP contribution >= 0.6 is 0 Å². The molecule has 0 saturated heterocycles. The number of anilines is 2. The van der Waals surface area contributed by atoms with E-state index in [1.54, 1.807) is 0 Å². The molecule has 0 radical (unpaired) electrons. The van der Waals surface area contributed by atoms with Crippen molar-refractivity contribution in [2.24, 2.45) is 0 Å². The average molecular weight is 177 g/mol. The van der Waals surface area contributed by atoms with Crippen LogP contribution in [0.1, 0.15) is 19.4 Å². The number of hydrogen-bond donors (Lipinski definition) is 2. The van der Waals surface area contributed by atoms with Gasteiger partial charge in [0, 0.05) is 6.04 Å². The van der Waals surface area contributed by atoms with Crippen molar-refractivity contribution >= 4 is 11.8 Å². The normalized spacial score (nSPS) is 9.69. The summed E-state index contributed by atoms with van der Waals surface area (Å²) in [6.45, 7) is 3.92. The van der Waals surface area contributed by atoms with Gasteiger partial charge in [-0.1, -0.05) is 0 Å². The van der Waals surface area contributed by atoms with E-state index in [-0.39, 0.29) is 12.0 Å². The van der Waals surface area contributed by atoms with Crippen LogP contribution in [0.25, 0.3) is 0 Å². The molecule has 1 aromatic heterocycles. The first-order chi connectivity index (χ1) is 6.13. The van der Waals surface area contributed by atoms with E-state index in [0.717, 1.165) is 0 Å². The molecule has 0 aliphatic carbocycles. The Labute approximate surface area is 76.6 Å². The van der Waals surface area contributed by atoms with Crippen molar-refractivity contribution in [3.8, 4) is 6.07 Å². The van der Waals surface area contributed by atoms with E-state index >= 15 is 0 Å². The maximum Gasteiger partial charge on any atom is 0.222 e. The highest BCUT2D eigenvalue weighted by molar-refractivity contribution is 5.52. The number of nitrogens with two attached hydrogens (primary N) is 1. The fourth-order valence-electron chi connectivity index (χ4n) is 0.861. The SMILES string of the molecule is CC(C)Nc1nc(N)ncc1C#N. The van der Waals surface area contributed by atoms with Gasteiger partial charge >= 0.3 is 0 Å². The van der Waals surface area contributed by atoms with E-state index < -0.39 is 0 Å². The molecule has 0 spiro atoms. The van der Waals surface area contributed by atoms with Crippen LogP contribution in [0, 0.1) is 11.3 Å². The summed E-state index contributed by atoms with van der Waals surface area (Å²) in [7, 11) is 0. The van der Waals surface area contributed by atoms with E-state index in [0.29, 0.717) is 11.4 Å². The molecule has 0 unspecified atom stereocenters. The van der Waals surface area contributed by atoms with Gasteiger partial charge in [-0.2, -0.15) is 10.2 Å². The first-order valence-electron chi connectivity index (χ1n) is 3.92. The number of aromatic nitrogens is 2. The Morgan fingerprint density at radius 1 is 1.62 bits per heavy atom. The van der Waals surface area contributed by atoms with Crippen LogP contribution in [0.2, 0.25) is 0 Å². The molecular formula is C8H11N5. The zero-order chi connectivity index (χ0) is 9.84. The second-order valence-corrected chi connectivity index (χ2v) is 2.90. The molecule has 5 nitrogen and oxygen atoms in total. The minimum absolute atomic E-state index is 0.169. The van der Waals surface area contributed by atoms with Gasteiger partial charge in [0.2, 0.25) is 5.95 Å². The number of rotatable bonds is 2. The van der Waals surface area contributed by atoms with Gasteiger partial charge in [-0.25, -0.2) is 4.98 Å². The van der Waals surface area contributed by atoms with Gasteiger partial charge in [0.15, 0.2) is 0 Å². The lowest BCUT2D eigenvalue weighted by Gasteiger charge is -2.09. The Balaban J connectivity index is 3.03. The summed E-state index contributed by atoms with van der Waals surface area (Å²) >= 11 is 0. The third kappa shape index (κ3) is 2.30. The summed E-state index contributed by atoms with van der Waals surface area (Å²) in [6, 6.07) is 2.19. The fourth-order valence-corrected chi connectivity index (χ4v) is 0.861. The first kappa shape index (κ1) is 9.26. The topological polar surface area (TPSA) is 87.6 Å². The molecule has 13 heavy (non-hydrogen) atoms. The number of nitrogens with one attached hydrogen (secondary N) is 1. The highest BCUT2D eigenvalue weighted by Crippen LogP contribution is 2.11. The molecule has 1 rings (SSSR count). The van der Waals surface area contributed by atoms with Crippen LogP contribution in [-0.2, 0) is 0 Å². The van der Waals surface area contributed by atoms with Gasteiger partial charge in [-0.15, -0.1) is 0 Å². The predicted molar refractivity (Wildman–Crippen MR) is 49.9 cm³/mol. The third-order valence-corrected chi connectivity index (χ3v) is 1.35. The van der Waals surface area contributed by atoms with E-state index in [2.05, 4.69) is 15.3 Å². The quantitative estimate of drug-likeness (QED) is 0.696. The average Bonchev–Trinajstić information content (AvgIpc) is 2.03. The molecule has 0 saturated carbocycles. The van der Waals surface area contributed by atoms with Crippen LogP contribution in [-0.4, -0.2) is 16.0 Å². The third-order valence-electron chi connectivity index (χ3n) is 1.35. The van der Waals surface area contributed by atoms with Crippen LogP contribution in [0.5, 0.6) is 0 Å². The highest BCUT2D eigenvalue weighted by Gasteiger charge is 2.05. The molecule has 1 aromatic rings. The standard InChI is InChI=1S/C8H11N5/c1-5(2)12-7-6(3-9)4-11-8(10)13-7/h4-5H,1-2H3,(H3,10,11,12,13). The number of nitrogens with zero attached hydrogens (tertiary/aromatic N) is 3. The van der Waals surface area contributed by atoms with E-state index in [1.165, 1.54) is 6.20 Å². The summed E-state index contributed by atoms with van der Waals surface area (Å²) in [6.07, 6.45) is 1.41. The van der Waals surface area contributed by atoms with Crippen molar-refractivity contribution in [3.05, 3.63) is 11.8 Å². The second kappa shape index (κ2) is 3.72. The Kier molecular flexibility index (Phi) is 2.65. The molecule has 5 heteroatoms. The Morgan fingerprint density at radius 3 is 2.85 bits per heavy atom. The zero-order valence-electron chi connectivity index (χ0n) is 7.57. The second-order valence-electron chi connectivity index (χ2n) is 2.90. The first-order valence-corrected chi connectivity index (χ1v) is 3.92. The van der Waals surface area contributed by atoms with Crippen molar-refractivity contribution in [2.45, 2.75) is 19.9 Å². The molecule has 0 aromatic carbocycles. The molecule has 68 valence electrons. The highest BCUT2D eigenvalue weighted by atomic mass is 15.1. The van der Waals surface area contributed by atoms with Crippen LogP contribution in [0.3, 0.4) is 0 Å². The lowest BCUT2D eigenvalue weighted by Crippen LogP contribution is -2.13. The monoisotopic (exact) mass is 177 g/mol. The molecule has 0 bridgehead atoms. The minimum Gasteiger partial charge on any atom is -0.368 e. The van der Waals surface area contributed by atoms with E-state index in [1.807, 2.05) is 19.9 Å². The summed E-state index contributed by atoms with van der Waals surface area (Å²) in [5.74, 6) is 0.659. The molecular weight excluding hydrogens is 166 g/mol. The minimum atomic E-state index is 0.169. The van der Waals surface area contributed by atoms with Crippen LogP contribution < -0.4 is 11.1 Å². The zero-order valence-corrected chi connectivity index (χ0v) is 7.57.